The molecule has 3 atom stereocenters. The minimum atomic E-state index is -0.265. The van der Waals surface area contributed by atoms with Gasteiger partial charge in [-0.1, -0.05) is 45.9 Å². The second-order valence-corrected chi connectivity index (χ2v) is 7.26. The minimum absolute atomic E-state index is 0.265. The average molecular weight is 403 g/mol. The summed E-state index contributed by atoms with van der Waals surface area (Å²) in [5.74, 6) is 2.95. The zero-order valence-corrected chi connectivity index (χ0v) is 19.1. The van der Waals surface area contributed by atoms with E-state index in [1.54, 1.807) is 19.2 Å². The molecule has 2 aromatic carbocycles. The van der Waals surface area contributed by atoms with E-state index < -0.39 is 0 Å². The van der Waals surface area contributed by atoms with Gasteiger partial charge in [-0.25, -0.2) is 0 Å². The number of hydrogen-bond donors (Lipinski definition) is 1. The van der Waals surface area contributed by atoms with Crippen LogP contribution in [0.2, 0.25) is 0 Å². The van der Waals surface area contributed by atoms with Gasteiger partial charge in [0.25, 0.3) is 0 Å². The van der Waals surface area contributed by atoms with Gasteiger partial charge in [-0.3, -0.25) is 0 Å². The van der Waals surface area contributed by atoms with Crippen LogP contribution in [-0.4, -0.2) is 25.1 Å². The number of rotatable bonds is 9. The summed E-state index contributed by atoms with van der Waals surface area (Å²) in [7, 11) is 1.66. The molecule has 4 nitrogen and oxygen atoms in total. The van der Waals surface area contributed by atoms with Gasteiger partial charge in [0.15, 0.2) is 17.8 Å². The zero-order chi connectivity index (χ0) is 21.8. The van der Waals surface area contributed by atoms with Crippen LogP contribution in [0.5, 0.6) is 17.2 Å². The lowest BCUT2D eigenvalue weighted by atomic mass is 9.98. The molecule has 2 aromatic rings. The van der Waals surface area contributed by atoms with Crippen LogP contribution in [0.4, 0.5) is 0 Å². The van der Waals surface area contributed by atoms with Crippen molar-refractivity contribution in [2.75, 3.05) is 13.7 Å². The molecule has 0 spiro atoms. The van der Waals surface area contributed by atoms with Crippen molar-refractivity contribution in [2.24, 2.45) is 0 Å². The summed E-state index contributed by atoms with van der Waals surface area (Å²) in [6.07, 6.45) is 1.99. The maximum absolute atomic E-state index is 9.01. The lowest BCUT2D eigenvalue weighted by Gasteiger charge is -2.18. The van der Waals surface area contributed by atoms with Gasteiger partial charge in [0, 0.05) is 6.61 Å². The number of ether oxygens (including phenoxy) is 3. The third kappa shape index (κ3) is 8.36. The van der Waals surface area contributed by atoms with Crippen molar-refractivity contribution in [3.8, 4) is 17.2 Å². The SMILES string of the molecule is CCC(C)c1ccc(O)cc1.CCOC(C)Oc1ccc(C(C)CC)cc1OC. The Labute approximate surface area is 176 Å². The lowest BCUT2D eigenvalue weighted by Crippen LogP contribution is -2.16. The van der Waals surface area contributed by atoms with E-state index in [2.05, 4.69) is 33.8 Å². The Morgan fingerprint density at radius 3 is 1.86 bits per heavy atom. The Balaban J connectivity index is 0.000000326. The predicted octanol–water partition coefficient (Wildman–Crippen LogP) is 6.88. The van der Waals surface area contributed by atoms with E-state index in [4.69, 9.17) is 19.3 Å². The molecule has 0 radical (unpaired) electrons. The summed E-state index contributed by atoms with van der Waals surface area (Å²) in [6.45, 7) is 13.2. The van der Waals surface area contributed by atoms with Crippen LogP contribution in [0, 0.1) is 0 Å². The van der Waals surface area contributed by atoms with Gasteiger partial charge >= 0.3 is 0 Å². The molecular formula is C25H38O4. The fourth-order valence-corrected chi connectivity index (χ4v) is 2.81. The molecule has 2 rings (SSSR count). The molecule has 0 aliphatic rings. The Morgan fingerprint density at radius 1 is 0.793 bits per heavy atom. The summed E-state index contributed by atoms with van der Waals surface area (Å²) in [4.78, 5) is 0. The Hall–Kier alpha value is -2.20. The van der Waals surface area contributed by atoms with Crippen LogP contribution in [0.25, 0.3) is 0 Å². The Kier molecular flexibility index (Phi) is 11.2. The predicted molar refractivity (Wildman–Crippen MR) is 120 cm³/mol. The third-order valence-electron chi connectivity index (χ3n) is 5.14. The van der Waals surface area contributed by atoms with E-state index in [0.717, 1.165) is 24.3 Å². The highest BCUT2D eigenvalue weighted by atomic mass is 16.7. The van der Waals surface area contributed by atoms with Gasteiger partial charge in [0.05, 0.1) is 7.11 Å². The number of hydrogen-bond acceptors (Lipinski definition) is 4. The Bertz CT molecular complexity index is 696. The number of phenols is 1. The first-order chi connectivity index (χ1) is 13.9. The van der Waals surface area contributed by atoms with Gasteiger partial charge in [0.1, 0.15) is 5.75 Å². The largest absolute Gasteiger partial charge is 0.508 e. The van der Waals surface area contributed by atoms with Gasteiger partial charge in [0.2, 0.25) is 0 Å². The van der Waals surface area contributed by atoms with Gasteiger partial charge in [-0.15, -0.1) is 0 Å². The van der Waals surface area contributed by atoms with Crippen LogP contribution in [0.15, 0.2) is 42.5 Å². The summed E-state index contributed by atoms with van der Waals surface area (Å²) < 4.78 is 16.4. The van der Waals surface area contributed by atoms with Crippen LogP contribution in [0.1, 0.15) is 77.3 Å². The zero-order valence-electron chi connectivity index (χ0n) is 19.1. The molecule has 0 aromatic heterocycles. The van der Waals surface area contributed by atoms with Crippen LogP contribution < -0.4 is 9.47 Å². The number of methoxy groups -OCH3 is 1. The third-order valence-corrected chi connectivity index (χ3v) is 5.14. The summed E-state index contributed by atoms with van der Waals surface area (Å²) in [6, 6.07) is 13.5. The van der Waals surface area contributed by atoms with Crippen molar-refractivity contribution in [2.45, 2.75) is 72.5 Å². The van der Waals surface area contributed by atoms with E-state index in [1.807, 2.05) is 38.1 Å². The Morgan fingerprint density at radius 2 is 1.34 bits per heavy atom. The highest BCUT2D eigenvalue weighted by Crippen LogP contribution is 2.32. The maximum atomic E-state index is 9.01. The van der Waals surface area contributed by atoms with Gasteiger partial charge in [-0.2, -0.15) is 0 Å². The lowest BCUT2D eigenvalue weighted by molar-refractivity contribution is -0.0623. The van der Waals surface area contributed by atoms with Crippen molar-refractivity contribution < 1.29 is 19.3 Å². The van der Waals surface area contributed by atoms with Crippen LogP contribution >= 0.6 is 0 Å². The quantitative estimate of drug-likeness (QED) is 0.465. The summed E-state index contributed by atoms with van der Waals surface area (Å²) in [5.41, 5.74) is 2.57. The first kappa shape index (κ1) is 24.8. The molecule has 3 unspecified atom stereocenters. The molecule has 0 heterocycles. The fraction of sp³-hybridized carbons (Fsp3) is 0.520. The second-order valence-electron chi connectivity index (χ2n) is 7.26. The number of aromatic hydroxyl groups is 1. The van der Waals surface area contributed by atoms with Gasteiger partial charge in [-0.05, 0) is 73.9 Å². The number of benzene rings is 2. The van der Waals surface area contributed by atoms with Crippen molar-refractivity contribution in [1.29, 1.82) is 0 Å². The van der Waals surface area contributed by atoms with Crippen LogP contribution in [-0.2, 0) is 4.74 Å². The first-order valence-electron chi connectivity index (χ1n) is 10.6. The highest BCUT2D eigenvalue weighted by molar-refractivity contribution is 5.44. The van der Waals surface area contributed by atoms with Crippen molar-refractivity contribution in [1.82, 2.24) is 0 Å². The molecular weight excluding hydrogens is 364 g/mol. The smallest absolute Gasteiger partial charge is 0.197 e. The fourth-order valence-electron chi connectivity index (χ4n) is 2.81. The second kappa shape index (κ2) is 13.1. The van der Waals surface area contributed by atoms with E-state index in [-0.39, 0.29) is 6.29 Å². The van der Waals surface area contributed by atoms with Gasteiger partial charge < -0.3 is 19.3 Å². The van der Waals surface area contributed by atoms with E-state index >= 15 is 0 Å². The average Bonchev–Trinajstić information content (AvgIpc) is 2.74. The topological polar surface area (TPSA) is 47.9 Å². The maximum Gasteiger partial charge on any atom is 0.197 e. The first-order valence-corrected chi connectivity index (χ1v) is 10.6. The molecule has 0 amide bonds. The molecule has 29 heavy (non-hydrogen) atoms. The molecule has 0 aliphatic carbocycles. The van der Waals surface area contributed by atoms with E-state index in [9.17, 15) is 0 Å². The minimum Gasteiger partial charge on any atom is -0.508 e. The van der Waals surface area contributed by atoms with Crippen molar-refractivity contribution in [3.05, 3.63) is 53.6 Å². The van der Waals surface area contributed by atoms with Crippen molar-refractivity contribution >= 4 is 0 Å². The van der Waals surface area contributed by atoms with Crippen LogP contribution in [0.3, 0.4) is 0 Å². The summed E-state index contributed by atoms with van der Waals surface area (Å²) in [5, 5.41) is 9.01. The molecule has 0 saturated carbocycles. The monoisotopic (exact) mass is 402 g/mol. The molecule has 0 saturated heterocycles. The summed E-state index contributed by atoms with van der Waals surface area (Å²) >= 11 is 0. The molecule has 1 N–H and O–H groups in total. The molecule has 4 heteroatoms. The van der Waals surface area contributed by atoms with Crippen molar-refractivity contribution in [3.63, 3.8) is 0 Å². The molecule has 162 valence electrons. The molecule has 0 fully saturated rings. The van der Waals surface area contributed by atoms with E-state index in [1.165, 1.54) is 11.1 Å². The molecule has 0 bridgehead atoms. The highest BCUT2D eigenvalue weighted by Gasteiger charge is 2.12. The normalized spacial score (nSPS) is 13.6. The molecule has 0 aliphatic heterocycles. The standard InChI is InChI=1S/C15H24O3.C10H14O/c1-6-11(3)13-8-9-14(15(10-13)16-5)18-12(4)17-7-2;1-3-8(2)9-4-6-10(11)7-5-9/h8-12H,6-7H2,1-5H3;4-8,11H,3H2,1-2H3. The van der Waals surface area contributed by atoms with E-state index in [0.29, 0.717) is 24.2 Å². The number of phenolic OH excluding ortho intramolecular Hbond substituents is 1.